The molecule has 0 bridgehead atoms. The van der Waals surface area contributed by atoms with Crippen LogP contribution in [0.5, 0.6) is 5.75 Å². The Hall–Kier alpha value is -1.64. The molecule has 1 amide bonds. The second-order valence-electron chi connectivity index (χ2n) is 5.39. The fraction of sp³-hybridized carbons (Fsp3) is 0.500. The van der Waals surface area contributed by atoms with Gasteiger partial charge in [0, 0.05) is 24.2 Å². The summed E-state index contributed by atoms with van der Waals surface area (Å²) in [4.78, 5) is 11.9. The smallest absolute Gasteiger partial charge is 0.244 e. The average molecular weight is 327 g/mol. The highest BCUT2D eigenvalue weighted by Crippen LogP contribution is 2.29. The summed E-state index contributed by atoms with van der Waals surface area (Å²) in [5.41, 5.74) is 5.84. The summed E-state index contributed by atoms with van der Waals surface area (Å²) in [6, 6.07) is 4.50. The molecule has 1 atom stereocenters. The fourth-order valence-corrected chi connectivity index (χ4v) is 3.32. The Morgan fingerprint density at radius 1 is 1.45 bits per heavy atom. The van der Waals surface area contributed by atoms with Crippen molar-refractivity contribution in [3.05, 3.63) is 18.2 Å². The normalized spacial score (nSPS) is 16.1. The highest BCUT2D eigenvalue weighted by molar-refractivity contribution is 7.89. The van der Waals surface area contributed by atoms with Gasteiger partial charge in [-0.2, -0.15) is 0 Å². The Kier molecular flexibility index (Phi) is 5.05. The molecule has 1 aromatic rings. The number of hydrogen-bond acceptors (Lipinski definition) is 5. The molecule has 0 aromatic heterocycles. The van der Waals surface area contributed by atoms with Gasteiger partial charge in [-0.05, 0) is 31.0 Å². The summed E-state index contributed by atoms with van der Waals surface area (Å²) in [5, 5.41) is 2.66. The standard InChI is InChI=1S/C14H21N3O4S/c1-9(8-15)14(18)16-11-5-6-12(21-2)13(7-11)22(19,20)17-10-3-4-10/h5-7,9-10,17H,3-4,8,15H2,1-2H3,(H,16,18). The third kappa shape index (κ3) is 3.96. The lowest BCUT2D eigenvalue weighted by Gasteiger charge is -2.14. The van der Waals surface area contributed by atoms with E-state index in [9.17, 15) is 13.2 Å². The van der Waals surface area contributed by atoms with Gasteiger partial charge in [-0.25, -0.2) is 13.1 Å². The van der Waals surface area contributed by atoms with E-state index in [2.05, 4.69) is 10.0 Å². The van der Waals surface area contributed by atoms with E-state index in [1.54, 1.807) is 13.0 Å². The average Bonchev–Trinajstić information content (AvgIpc) is 3.29. The Bertz CT molecular complexity index is 656. The minimum atomic E-state index is -3.67. The molecule has 122 valence electrons. The molecule has 1 aliphatic carbocycles. The topological polar surface area (TPSA) is 111 Å². The second-order valence-corrected chi connectivity index (χ2v) is 7.07. The number of hydrogen-bond donors (Lipinski definition) is 3. The Morgan fingerprint density at radius 3 is 2.68 bits per heavy atom. The first-order valence-electron chi connectivity index (χ1n) is 7.08. The van der Waals surface area contributed by atoms with Crippen LogP contribution in [-0.4, -0.2) is 34.0 Å². The van der Waals surface area contributed by atoms with E-state index in [-0.39, 0.29) is 35.1 Å². The van der Waals surface area contributed by atoms with Crippen LogP contribution in [0.15, 0.2) is 23.1 Å². The minimum Gasteiger partial charge on any atom is -0.495 e. The van der Waals surface area contributed by atoms with Crippen LogP contribution in [0.3, 0.4) is 0 Å². The first-order valence-corrected chi connectivity index (χ1v) is 8.57. The van der Waals surface area contributed by atoms with Crippen LogP contribution in [0, 0.1) is 5.92 Å². The molecular weight excluding hydrogens is 306 g/mol. The van der Waals surface area contributed by atoms with Crippen LogP contribution in [0.25, 0.3) is 0 Å². The molecule has 1 saturated carbocycles. The molecule has 1 aromatic carbocycles. The van der Waals surface area contributed by atoms with Crippen molar-refractivity contribution in [3.63, 3.8) is 0 Å². The zero-order valence-electron chi connectivity index (χ0n) is 12.6. The number of carbonyl (C=O) groups excluding carboxylic acids is 1. The second kappa shape index (κ2) is 6.64. The molecule has 1 unspecified atom stereocenters. The van der Waals surface area contributed by atoms with Crippen molar-refractivity contribution in [3.8, 4) is 5.75 Å². The maximum atomic E-state index is 12.4. The Balaban J connectivity index is 2.27. The Labute approximate surface area is 130 Å². The van der Waals surface area contributed by atoms with Crippen molar-refractivity contribution >= 4 is 21.6 Å². The zero-order chi connectivity index (χ0) is 16.3. The number of amides is 1. The number of nitrogens with two attached hydrogens (primary N) is 1. The van der Waals surface area contributed by atoms with Crippen LogP contribution in [0.2, 0.25) is 0 Å². The third-order valence-electron chi connectivity index (χ3n) is 3.42. The molecule has 0 radical (unpaired) electrons. The Morgan fingerprint density at radius 2 is 2.14 bits per heavy atom. The van der Waals surface area contributed by atoms with E-state index in [0.717, 1.165) is 12.8 Å². The SMILES string of the molecule is COc1ccc(NC(=O)C(C)CN)cc1S(=O)(=O)NC1CC1. The first kappa shape index (κ1) is 16.7. The van der Waals surface area contributed by atoms with E-state index < -0.39 is 10.0 Å². The highest BCUT2D eigenvalue weighted by atomic mass is 32.2. The minimum absolute atomic E-state index is 0.00906. The van der Waals surface area contributed by atoms with Crippen molar-refractivity contribution in [1.82, 2.24) is 4.72 Å². The first-order chi connectivity index (χ1) is 10.4. The maximum absolute atomic E-state index is 12.4. The third-order valence-corrected chi connectivity index (χ3v) is 4.96. The lowest BCUT2D eigenvalue weighted by Crippen LogP contribution is -2.28. The van der Waals surface area contributed by atoms with Gasteiger partial charge in [0.15, 0.2) is 0 Å². The number of nitrogens with one attached hydrogen (secondary N) is 2. The molecule has 0 heterocycles. The van der Waals surface area contributed by atoms with Crippen molar-refractivity contribution < 1.29 is 17.9 Å². The van der Waals surface area contributed by atoms with Gasteiger partial charge in [0.05, 0.1) is 7.11 Å². The molecule has 4 N–H and O–H groups in total. The summed E-state index contributed by atoms with van der Waals surface area (Å²) in [6.45, 7) is 1.92. The lowest BCUT2D eigenvalue weighted by atomic mass is 10.1. The molecule has 8 heteroatoms. The largest absolute Gasteiger partial charge is 0.495 e. The van der Waals surface area contributed by atoms with Crippen LogP contribution >= 0.6 is 0 Å². The van der Waals surface area contributed by atoms with Crippen molar-refractivity contribution in [2.24, 2.45) is 11.7 Å². The number of methoxy groups -OCH3 is 1. The van der Waals surface area contributed by atoms with E-state index in [0.29, 0.717) is 5.69 Å². The number of benzene rings is 1. The zero-order valence-corrected chi connectivity index (χ0v) is 13.4. The number of ether oxygens (including phenoxy) is 1. The van der Waals surface area contributed by atoms with Gasteiger partial charge in [-0.15, -0.1) is 0 Å². The number of carbonyl (C=O) groups is 1. The van der Waals surface area contributed by atoms with Gasteiger partial charge in [0.25, 0.3) is 0 Å². The van der Waals surface area contributed by atoms with Crippen molar-refractivity contribution in [1.29, 1.82) is 0 Å². The molecular formula is C14H21N3O4S. The summed E-state index contributed by atoms with van der Waals surface area (Å²) >= 11 is 0. The molecule has 0 spiro atoms. The summed E-state index contributed by atoms with van der Waals surface area (Å²) < 4.78 is 32.4. The molecule has 0 aliphatic heterocycles. The van der Waals surface area contributed by atoms with Crippen molar-refractivity contribution in [2.75, 3.05) is 19.0 Å². The van der Waals surface area contributed by atoms with E-state index in [1.807, 2.05) is 0 Å². The molecule has 7 nitrogen and oxygen atoms in total. The summed E-state index contributed by atoms with van der Waals surface area (Å²) in [6.07, 6.45) is 1.68. The monoisotopic (exact) mass is 327 g/mol. The van der Waals surface area contributed by atoms with Crippen LogP contribution in [-0.2, 0) is 14.8 Å². The van der Waals surface area contributed by atoms with Gasteiger partial charge in [-0.3, -0.25) is 4.79 Å². The van der Waals surface area contributed by atoms with Crippen LogP contribution < -0.4 is 20.5 Å². The van der Waals surface area contributed by atoms with E-state index >= 15 is 0 Å². The molecule has 2 rings (SSSR count). The van der Waals surface area contributed by atoms with Crippen LogP contribution in [0.4, 0.5) is 5.69 Å². The van der Waals surface area contributed by atoms with Gasteiger partial charge in [0.1, 0.15) is 10.6 Å². The summed E-state index contributed by atoms with van der Waals surface area (Å²) in [5.74, 6) is -0.379. The molecule has 1 fully saturated rings. The summed E-state index contributed by atoms with van der Waals surface area (Å²) in [7, 11) is -2.27. The van der Waals surface area contributed by atoms with Crippen molar-refractivity contribution in [2.45, 2.75) is 30.7 Å². The number of rotatable bonds is 7. The van der Waals surface area contributed by atoms with Gasteiger partial charge in [-0.1, -0.05) is 6.92 Å². The quantitative estimate of drug-likeness (QED) is 0.682. The number of sulfonamides is 1. The molecule has 1 aliphatic rings. The van der Waals surface area contributed by atoms with E-state index in [1.165, 1.54) is 19.2 Å². The van der Waals surface area contributed by atoms with E-state index in [4.69, 9.17) is 10.5 Å². The molecule has 22 heavy (non-hydrogen) atoms. The van der Waals surface area contributed by atoms with Gasteiger partial charge >= 0.3 is 0 Å². The highest BCUT2D eigenvalue weighted by Gasteiger charge is 2.30. The fourth-order valence-electron chi connectivity index (χ4n) is 1.82. The molecule has 0 saturated heterocycles. The lowest BCUT2D eigenvalue weighted by molar-refractivity contribution is -0.119. The maximum Gasteiger partial charge on any atom is 0.244 e. The van der Waals surface area contributed by atoms with Crippen LogP contribution in [0.1, 0.15) is 19.8 Å². The van der Waals surface area contributed by atoms with Gasteiger partial charge in [0.2, 0.25) is 15.9 Å². The predicted molar refractivity (Wildman–Crippen MR) is 83.2 cm³/mol. The number of anilines is 1. The van der Waals surface area contributed by atoms with Gasteiger partial charge < -0.3 is 15.8 Å². The predicted octanol–water partition coefficient (Wildman–Crippen LogP) is 0.669.